The molecule has 0 aliphatic carbocycles. The van der Waals surface area contributed by atoms with E-state index in [1.165, 1.54) is 0 Å². The van der Waals surface area contributed by atoms with Crippen LogP contribution in [-0.4, -0.2) is 24.0 Å². The predicted molar refractivity (Wildman–Crippen MR) is 87.4 cm³/mol. The number of fused-ring (bicyclic) bond motifs is 1. The Morgan fingerprint density at radius 3 is 2.76 bits per heavy atom. The van der Waals surface area contributed by atoms with Gasteiger partial charge in [-0.1, -0.05) is 25.1 Å². The number of hydrogen-bond acceptors (Lipinski definition) is 3. The Hall–Kier alpha value is -2.10. The lowest BCUT2D eigenvalue weighted by Gasteiger charge is -2.09. The van der Waals surface area contributed by atoms with Gasteiger partial charge in [0, 0.05) is 31.1 Å². The number of unbranched alkanes of at least 4 members (excludes halogenated alkanes) is 2. The van der Waals surface area contributed by atoms with Gasteiger partial charge in [-0.05, 0) is 31.4 Å². The van der Waals surface area contributed by atoms with Gasteiger partial charge in [-0.15, -0.1) is 0 Å². The SMILES string of the molecule is CCC(=O)NCCCCCNc1cccc2cccnc12. The van der Waals surface area contributed by atoms with Crippen LogP contribution in [0.25, 0.3) is 10.9 Å². The highest BCUT2D eigenvalue weighted by molar-refractivity contribution is 5.90. The Morgan fingerprint density at radius 1 is 1.10 bits per heavy atom. The molecule has 112 valence electrons. The Kier molecular flexibility index (Phi) is 6.00. The highest BCUT2D eigenvalue weighted by atomic mass is 16.1. The summed E-state index contributed by atoms with van der Waals surface area (Å²) in [7, 11) is 0. The minimum Gasteiger partial charge on any atom is -0.383 e. The summed E-state index contributed by atoms with van der Waals surface area (Å²) >= 11 is 0. The van der Waals surface area contributed by atoms with E-state index in [9.17, 15) is 4.79 Å². The predicted octanol–water partition coefficient (Wildman–Crippen LogP) is 3.34. The highest BCUT2D eigenvalue weighted by Crippen LogP contribution is 2.20. The van der Waals surface area contributed by atoms with Crippen LogP contribution in [0.4, 0.5) is 5.69 Å². The lowest BCUT2D eigenvalue weighted by Crippen LogP contribution is -2.23. The van der Waals surface area contributed by atoms with E-state index in [4.69, 9.17) is 0 Å². The fourth-order valence-corrected chi connectivity index (χ4v) is 2.25. The molecule has 2 N–H and O–H groups in total. The maximum Gasteiger partial charge on any atom is 0.219 e. The molecule has 2 rings (SSSR count). The highest BCUT2D eigenvalue weighted by Gasteiger charge is 2.00. The number of carbonyl (C=O) groups is 1. The van der Waals surface area contributed by atoms with Crippen molar-refractivity contribution in [1.29, 1.82) is 0 Å². The maximum absolute atomic E-state index is 11.1. The third-order valence-corrected chi connectivity index (χ3v) is 3.45. The smallest absolute Gasteiger partial charge is 0.219 e. The summed E-state index contributed by atoms with van der Waals surface area (Å²) in [6.07, 6.45) is 5.61. The molecule has 4 heteroatoms. The van der Waals surface area contributed by atoms with Crippen LogP contribution in [0, 0.1) is 0 Å². The number of amides is 1. The van der Waals surface area contributed by atoms with Crippen molar-refractivity contribution < 1.29 is 4.79 Å². The normalized spacial score (nSPS) is 10.5. The second-order valence-electron chi connectivity index (χ2n) is 5.07. The number of carbonyl (C=O) groups excluding carboxylic acids is 1. The zero-order valence-corrected chi connectivity index (χ0v) is 12.6. The Bertz CT molecular complexity index is 578. The topological polar surface area (TPSA) is 54.0 Å². The number of para-hydroxylation sites is 1. The Balaban J connectivity index is 1.70. The summed E-state index contributed by atoms with van der Waals surface area (Å²) in [5, 5.41) is 7.50. The van der Waals surface area contributed by atoms with Gasteiger partial charge in [0.1, 0.15) is 0 Å². The summed E-state index contributed by atoms with van der Waals surface area (Å²) in [6.45, 7) is 3.58. The maximum atomic E-state index is 11.1. The molecule has 1 amide bonds. The van der Waals surface area contributed by atoms with Gasteiger partial charge in [0.15, 0.2) is 0 Å². The standard InChI is InChI=1S/C17H23N3O/c1-2-16(21)19-12-5-3-4-11-18-15-10-6-8-14-9-7-13-20-17(14)15/h6-10,13,18H,2-5,11-12H2,1H3,(H,19,21). The minimum atomic E-state index is 0.134. The number of hydrogen-bond donors (Lipinski definition) is 2. The number of nitrogens with one attached hydrogen (secondary N) is 2. The van der Waals surface area contributed by atoms with Gasteiger partial charge in [-0.2, -0.15) is 0 Å². The number of benzene rings is 1. The molecule has 0 bridgehead atoms. The molecular formula is C17H23N3O. The van der Waals surface area contributed by atoms with E-state index < -0.39 is 0 Å². The quantitative estimate of drug-likeness (QED) is 0.731. The molecule has 0 saturated heterocycles. The molecule has 0 aliphatic rings. The lowest BCUT2D eigenvalue weighted by molar-refractivity contribution is -0.120. The third-order valence-electron chi connectivity index (χ3n) is 3.45. The average molecular weight is 285 g/mol. The van der Waals surface area contributed by atoms with Crippen molar-refractivity contribution in [2.24, 2.45) is 0 Å². The number of anilines is 1. The molecule has 0 fully saturated rings. The summed E-state index contributed by atoms with van der Waals surface area (Å²) in [5.41, 5.74) is 2.11. The average Bonchev–Trinajstić information content (AvgIpc) is 2.53. The van der Waals surface area contributed by atoms with Crippen LogP contribution in [0.15, 0.2) is 36.5 Å². The first-order chi connectivity index (χ1) is 10.3. The van der Waals surface area contributed by atoms with E-state index in [1.807, 2.05) is 25.3 Å². The van der Waals surface area contributed by atoms with E-state index in [2.05, 4.69) is 33.8 Å². The van der Waals surface area contributed by atoms with Gasteiger partial charge in [-0.25, -0.2) is 0 Å². The van der Waals surface area contributed by atoms with Crippen LogP contribution in [0.5, 0.6) is 0 Å². The van der Waals surface area contributed by atoms with Crippen molar-refractivity contribution in [1.82, 2.24) is 10.3 Å². The summed E-state index contributed by atoms with van der Waals surface area (Å²) in [4.78, 5) is 15.5. The van der Waals surface area contributed by atoms with Crippen LogP contribution in [0.1, 0.15) is 32.6 Å². The van der Waals surface area contributed by atoms with Crippen molar-refractivity contribution in [3.8, 4) is 0 Å². The van der Waals surface area contributed by atoms with Crippen molar-refractivity contribution in [3.05, 3.63) is 36.5 Å². The van der Waals surface area contributed by atoms with Crippen LogP contribution >= 0.6 is 0 Å². The molecule has 0 unspecified atom stereocenters. The van der Waals surface area contributed by atoms with Gasteiger partial charge < -0.3 is 10.6 Å². The first-order valence-corrected chi connectivity index (χ1v) is 7.65. The van der Waals surface area contributed by atoms with Crippen LogP contribution in [0.3, 0.4) is 0 Å². The Morgan fingerprint density at radius 2 is 1.90 bits per heavy atom. The summed E-state index contributed by atoms with van der Waals surface area (Å²) in [6, 6.07) is 10.2. The molecule has 1 aromatic heterocycles. The van der Waals surface area contributed by atoms with Crippen LogP contribution < -0.4 is 10.6 Å². The van der Waals surface area contributed by atoms with Crippen molar-refractivity contribution in [3.63, 3.8) is 0 Å². The molecule has 2 aromatic rings. The van der Waals surface area contributed by atoms with Crippen molar-refractivity contribution >= 4 is 22.5 Å². The fraction of sp³-hybridized carbons (Fsp3) is 0.412. The van der Waals surface area contributed by atoms with Gasteiger partial charge >= 0.3 is 0 Å². The largest absolute Gasteiger partial charge is 0.383 e. The second-order valence-corrected chi connectivity index (χ2v) is 5.07. The molecular weight excluding hydrogens is 262 g/mol. The number of rotatable bonds is 8. The van der Waals surface area contributed by atoms with Gasteiger partial charge in [0.05, 0.1) is 11.2 Å². The minimum absolute atomic E-state index is 0.134. The fourth-order valence-electron chi connectivity index (χ4n) is 2.25. The molecule has 0 aliphatic heterocycles. The third kappa shape index (κ3) is 4.74. The second kappa shape index (κ2) is 8.25. The summed E-state index contributed by atoms with van der Waals surface area (Å²) < 4.78 is 0. The molecule has 0 saturated carbocycles. The van der Waals surface area contributed by atoms with Gasteiger partial charge in [-0.3, -0.25) is 9.78 Å². The lowest BCUT2D eigenvalue weighted by atomic mass is 10.2. The first kappa shape index (κ1) is 15.3. The van der Waals surface area contributed by atoms with E-state index >= 15 is 0 Å². The van der Waals surface area contributed by atoms with Gasteiger partial charge in [0.2, 0.25) is 5.91 Å². The molecule has 0 atom stereocenters. The van der Waals surface area contributed by atoms with Crippen molar-refractivity contribution in [2.45, 2.75) is 32.6 Å². The number of aromatic nitrogens is 1. The monoisotopic (exact) mass is 285 g/mol. The van der Waals surface area contributed by atoms with E-state index in [0.717, 1.165) is 48.9 Å². The van der Waals surface area contributed by atoms with Gasteiger partial charge in [0.25, 0.3) is 0 Å². The molecule has 0 spiro atoms. The van der Waals surface area contributed by atoms with Crippen LogP contribution in [0.2, 0.25) is 0 Å². The summed E-state index contributed by atoms with van der Waals surface area (Å²) in [5.74, 6) is 0.134. The van der Waals surface area contributed by atoms with E-state index in [0.29, 0.717) is 6.42 Å². The molecule has 21 heavy (non-hydrogen) atoms. The zero-order chi connectivity index (χ0) is 14.9. The van der Waals surface area contributed by atoms with E-state index in [-0.39, 0.29) is 5.91 Å². The first-order valence-electron chi connectivity index (χ1n) is 7.65. The zero-order valence-electron chi connectivity index (χ0n) is 12.6. The molecule has 0 radical (unpaired) electrons. The van der Waals surface area contributed by atoms with Crippen LogP contribution in [-0.2, 0) is 4.79 Å². The molecule has 1 aromatic carbocycles. The Labute approximate surface area is 126 Å². The number of nitrogens with zero attached hydrogens (tertiary/aromatic N) is 1. The molecule has 1 heterocycles. The number of pyridine rings is 1. The molecule has 4 nitrogen and oxygen atoms in total. The van der Waals surface area contributed by atoms with E-state index in [1.54, 1.807) is 0 Å². The van der Waals surface area contributed by atoms with Crippen molar-refractivity contribution in [2.75, 3.05) is 18.4 Å².